The smallest absolute Gasteiger partial charge is 0.223 e. The molecule has 2 heterocycles. The van der Waals surface area contributed by atoms with Crippen molar-refractivity contribution in [3.8, 4) is 0 Å². The summed E-state index contributed by atoms with van der Waals surface area (Å²) < 4.78 is 0. The van der Waals surface area contributed by atoms with Crippen LogP contribution in [0.2, 0.25) is 0 Å². The summed E-state index contributed by atoms with van der Waals surface area (Å²) in [4.78, 5) is 18.7. The maximum atomic E-state index is 12.1. The molecule has 1 N–H and O–H groups in total. The van der Waals surface area contributed by atoms with E-state index in [0.29, 0.717) is 0 Å². The van der Waals surface area contributed by atoms with Gasteiger partial charge in [0.1, 0.15) is 0 Å². The van der Waals surface area contributed by atoms with Gasteiger partial charge in [-0.15, -0.1) is 0 Å². The highest BCUT2D eigenvalue weighted by Crippen LogP contribution is 2.19. The van der Waals surface area contributed by atoms with Crippen LogP contribution in [0.4, 0.5) is 0 Å². The molecule has 110 valence electrons. The van der Waals surface area contributed by atoms with Gasteiger partial charge >= 0.3 is 0 Å². The summed E-state index contributed by atoms with van der Waals surface area (Å²) in [6, 6.07) is 4.07. The third kappa shape index (κ3) is 4.60. The number of rotatable bonds is 3. The molecule has 0 atom stereocenters. The Kier molecular flexibility index (Phi) is 4.76. The Morgan fingerprint density at radius 1 is 1.40 bits per heavy atom. The summed E-state index contributed by atoms with van der Waals surface area (Å²) in [6.07, 6.45) is 5.61. The molecule has 1 amide bonds. The minimum atomic E-state index is -0.135. The van der Waals surface area contributed by atoms with Gasteiger partial charge in [0.05, 0.1) is 0 Å². The third-order valence-electron chi connectivity index (χ3n) is 3.59. The first-order valence-corrected chi connectivity index (χ1v) is 7.37. The average Bonchev–Trinajstić information content (AvgIpc) is 2.39. The molecule has 20 heavy (non-hydrogen) atoms. The molecular formula is C16H25N3O. The number of nitrogens with one attached hydrogen (secondary N) is 1. The summed E-state index contributed by atoms with van der Waals surface area (Å²) in [5.41, 5.74) is 1.11. The van der Waals surface area contributed by atoms with Gasteiger partial charge in [0.25, 0.3) is 0 Å². The number of piperidine rings is 1. The Labute approximate surface area is 121 Å². The molecule has 1 aromatic heterocycles. The molecule has 4 nitrogen and oxygen atoms in total. The Hall–Kier alpha value is -1.42. The highest BCUT2D eigenvalue weighted by molar-refractivity contribution is 5.79. The second-order valence-electron chi connectivity index (χ2n) is 6.65. The molecule has 0 radical (unpaired) electrons. The summed E-state index contributed by atoms with van der Waals surface area (Å²) in [5.74, 6) is 0.373. The van der Waals surface area contributed by atoms with Crippen molar-refractivity contribution in [3.63, 3.8) is 0 Å². The van der Waals surface area contributed by atoms with Crippen molar-refractivity contribution < 1.29 is 4.79 Å². The summed E-state index contributed by atoms with van der Waals surface area (Å²) >= 11 is 0. The number of carbonyl (C=O) groups is 1. The van der Waals surface area contributed by atoms with E-state index in [-0.39, 0.29) is 17.4 Å². The van der Waals surface area contributed by atoms with Gasteiger partial charge in [-0.05, 0) is 58.3 Å². The van der Waals surface area contributed by atoms with Gasteiger partial charge in [-0.1, -0.05) is 6.07 Å². The normalized spacial score (nSPS) is 17.9. The minimum absolute atomic E-state index is 0.135. The lowest BCUT2D eigenvalue weighted by molar-refractivity contribution is -0.127. The van der Waals surface area contributed by atoms with Crippen LogP contribution in [0, 0.1) is 5.92 Å². The topological polar surface area (TPSA) is 45.2 Å². The second-order valence-corrected chi connectivity index (χ2v) is 6.65. The van der Waals surface area contributed by atoms with Crippen LogP contribution >= 0.6 is 0 Å². The second kappa shape index (κ2) is 6.35. The Morgan fingerprint density at radius 2 is 2.10 bits per heavy atom. The molecule has 1 aromatic rings. The van der Waals surface area contributed by atoms with Crippen molar-refractivity contribution in [3.05, 3.63) is 30.1 Å². The lowest BCUT2D eigenvalue weighted by Gasteiger charge is -2.33. The highest BCUT2D eigenvalue weighted by Gasteiger charge is 2.27. The van der Waals surface area contributed by atoms with Crippen molar-refractivity contribution in [1.82, 2.24) is 15.2 Å². The van der Waals surface area contributed by atoms with E-state index in [1.807, 2.05) is 33.0 Å². The lowest BCUT2D eigenvalue weighted by atomic mass is 9.94. The molecule has 0 saturated carbocycles. The van der Waals surface area contributed by atoms with E-state index < -0.39 is 0 Å². The quantitative estimate of drug-likeness (QED) is 0.920. The van der Waals surface area contributed by atoms with Crippen molar-refractivity contribution >= 4 is 5.91 Å². The molecule has 1 aliphatic heterocycles. The zero-order valence-electron chi connectivity index (χ0n) is 12.7. The predicted octanol–water partition coefficient (Wildman–Crippen LogP) is 2.21. The van der Waals surface area contributed by atoms with E-state index in [2.05, 4.69) is 21.3 Å². The van der Waals surface area contributed by atoms with Gasteiger partial charge in [-0.25, -0.2) is 0 Å². The Morgan fingerprint density at radius 3 is 2.65 bits per heavy atom. The lowest BCUT2D eigenvalue weighted by Crippen LogP contribution is -2.46. The number of likely N-dealkylation sites (tertiary alicyclic amines) is 1. The van der Waals surface area contributed by atoms with Crippen LogP contribution in [0.15, 0.2) is 24.5 Å². The average molecular weight is 275 g/mol. The van der Waals surface area contributed by atoms with E-state index in [1.54, 1.807) is 6.20 Å². The maximum Gasteiger partial charge on any atom is 0.223 e. The monoisotopic (exact) mass is 275 g/mol. The molecule has 4 heteroatoms. The van der Waals surface area contributed by atoms with Gasteiger partial charge < -0.3 is 5.32 Å². The molecule has 0 bridgehead atoms. The standard InChI is InChI=1S/C16H25N3O/c1-16(2,3)18-15(20)14-6-9-19(10-7-14)12-13-5-4-8-17-11-13/h4-5,8,11,14H,6-7,9-10,12H2,1-3H3,(H,18,20). The zero-order chi connectivity index (χ0) is 14.6. The number of nitrogens with zero attached hydrogens (tertiary/aromatic N) is 2. The molecule has 1 fully saturated rings. The molecule has 0 unspecified atom stereocenters. The minimum Gasteiger partial charge on any atom is -0.351 e. The van der Waals surface area contributed by atoms with Gasteiger partial charge in [0.2, 0.25) is 5.91 Å². The molecule has 1 aliphatic rings. The van der Waals surface area contributed by atoms with Crippen molar-refractivity contribution in [2.45, 2.75) is 45.7 Å². The fourth-order valence-electron chi connectivity index (χ4n) is 2.57. The number of aromatic nitrogens is 1. The van der Waals surface area contributed by atoms with E-state index in [4.69, 9.17) is 0 Å². The van der Waals surface area contributed by atoms with E-state index in [0.717, 1.165) is 32.5 Å². The molecule has 1 saturated heterocycles. The van der Waals surface area contributed by atoms with Crippen LogP contribution in [-0.4, -0.2) is 34.4 Å². The fraction of sp³-hybridized carbons (Fsp3) is 0.625. The van der Waals surface area contributed by atoms with Gasteiger partial charge in [-0.3, -0.25) is 14.7 Å². The molecule has 2 rings (SSSR count). The number of carbonyl (C=O) groups excluding carboxylic acids is 1. The van der Waals surface area contributed by atoms with Crippen LogP contribution < -0.4 is 5.32 Å². The van der Waals surface area contributed by atoms with Crippen LogP contribution in [0.25, 0.3) is 0 Å². The van der Waals surface area contributed by atoms with Gasteiger partial charge in [-0.2, -0.15) is 0 Å². The SMILES string of the molecule is CC(C)(C)NC(=O)C1CCN(Cc2cccnc2)CC1. The maximum absolute atomic E-state index is 12.1. The number of pyridine rings is 1. The molecule has 0 aliphatic carbocycles. The third-order valence-corrected chi connectivity index (χ3v) is 3.59. The first-order chi connectivity index (χ1) is 9.44. The van der Waals surface area contributed by atoms with Crippen LogP contribution in [0.1, 0.15) is 39.2 Å². The van der Waals surface area contributed by atoms with E-state index >= 15 is 0 Å². The zero-order valence-corrected chi connectivity index (χ0v) is 12.7. The summed E-state index contributed by atoms with van der Waals surface area (Å²) in [5, 5.41) is 3.09. The van der Waals surface area contributed by atoms with E-state index in [1.165, 1.54) is 5.56 Å². The van der Waals surface area contributed by atoms with Crippen molar-refractivity contribution in [2.24, 2.45) is 5.92 Å². The number of hydrogen-bond donors (Lipinski definition) is 1. The number of hydrogen-bond acceptors (Lipinski definition) is 3. The van der Waals surface area contributed by atoms with Gasteiger partial charge in [0.15, 0.2) is 0 Å². The van der Waals surface area contributed by atoms with Crippen LogP contribution in [0.5, 0.6) is 0 Å². The van der Waals surface area contributed by atoms with Crippen molar-refractivity contribution in [1.29, 1.82) is 0 Å². The van der Waals surface area contributed by atoms with Crippen LogP contribution in [0.3, 0.4) is 0 Å². The Balaban J connectivity index is 1.79. The number of amides is 1. The predicted molar refractivity (Wildman–Crippen MR) is 80.1 cm³/mol. The van der Waals surface area contributed by atoms with Crippen molar-refractivity contribution in [2.75, 3.05) is 13.1 Å². The summed E-state index contributed by atoms with van der Waals surface area (Å²) in [7, 11) is 0. The molecule has 0 spiro atoms. The Bertz CT molecular complexity index is 431. The fourth-order valence-corrected chi connectivity index (χ4v) is 2.57. The summed E-state index contributed by atoms with van der Waals surface area (Å²) in [6.45, 7) is 8.99. The molecule has 0 aromatic carbocycles. The van der Waals surface area contributed by atoms with E-state index in [9.17, 15) is 4.79 Å². The first-order valence-electron chi connectivity index (χ1n) is 7.37. The van der Waals surface area contributed by atoms with Crippen LogP contribution in [-0.2, 0) is 11.3 Å². The molecular weight excluding hydrogens is 250 g/mol. The largest absolute Gasteiger partial charge is 0.351 e. The van der Waals surface area contributed by atoms with Gasteiger partial charge in [0, 0.05) is 30.4 Å². The first kappa shape index (κ1) is 15.0. The highest BCUT2D eigenvalue weighted by atomic mass is 16.2.